The number of hydrogen-bond acceptors (Lipinski definition) is 7. The minimum absolute atomic E-state index is 0.0352. The van der Waals surface area contributed by atoms with E-state index < -0.39 is 0 Å². The average Bonchev–Trinajstić information content (AvgIpc) is 3.34. The Morgan fingerprint density at radius 2 is 1.98 bits per heavy atom. The van der Waals surface area contributed by atoms with Gasteiger partial charge >= 0.3 is 0 Å². The number of aryl methyl sites for hydroxylation is 1. The first-order valence-corrected chi connectivity index (χ1v) is 14.6. The van der Waals surface area contributed by atoms with E-state index in [2.05, 4.69) is 61.2 Å². The highest BCUT2D eigenvalue weighted by Gasteiger charge is 2.36. The molecule has 212 valence electrons. The van der Waals surface area contributed by atoms with Crippen molar-refractivity contribution in [3.05, 3.63) is 58.3 Å². The van der Waals surface area contributed by atoms with Crippen molar-refractivity contribution < 1.29 is 9.53 Å². The molecule has 0 unspecified atom stereocenters. The number of carbonyl (C=O) groups excluding carboxylic acids is 1. The molecular weight excluding hydrogens is 524 g/mol. The molecule has 4 heterocycles. The third kappa shape index (κ3) is 5.25. The molecule has 0 saturated carbocycles. The number of ether oxygens (including phenoxy) is 1. The lowest BCUT2D eigenvalue weighted by Gasteiger charge is -2.46. The Hall–Kier alpha value is -3.28. The molecule has 0 bridgehead atoms. The number of piperazine rings is 1. The van der Waals surface area contributed by atoms with E-state index in [-0.39, 0.29) is 18.0 Å². The number of carbonyl (C=O) groups is 1. The Morgan fingerprint density at radius 3 is 2.60 bits per heavy atom. The normalized spacial score (nSPS) is 23.1. The van der Waals surface area contributed by atoms with Crippen LogP contribution in [0.15, 0.2) is 30.9 Å². The van der Waals surface area contributed by atoms with Gasteiger partial charge in [0.05, 0.1) is 28.6 Å². The van der Waals surface area contributed by atoms with Crippen LogP contribution in [0.5, 0.6) is 5.88 Å². The Bertz CT molecular complexity index is 1310. The standard InChI is InChI=1S/C31H39ClN6O2/c1-6-28(39)38-21(3)16-37(17-22(38)4)30-24-12-14-36(29-20(2)9-7-11-26(29)32)18-27(24)34-31(25(30)15-33)40-19-23-10-8-13-35(23)5/h6-7,9,11,21-23H,1,8,10,12-14,16-19H2,2-5H3/t21-,22+,23-/m0/s1. The number of rotatable bonds is 6. The largest absolute Gasteiger partial charge is 0.475 e. The van der Waals surface area contributed by atoms with Crippen LogP contribution in [0.4, 0.5) is 11.4 Å². The second kappa shape index (κ2) is 11.7. The van der Waals surface area contributed by atoms with E-state index >= 15 is 0 Å². The van der Waals surface area contributed by atoms with Crippen LogP contribution in [0.1, 0.15) is 49.1 Å². The molecule has 0 spiro atoms. The van der Waals surface area contributed by atoms with E-state index in [4.69, 9.17) is 21.3 Å². The third-order valence-corrected chi connectivity index (χ3v) is 8.96. The summed E-state index contributed by atoms with van der Waals surface area (Å²) in [4.78, 5) is 26.3. The number of halogens is 1. The number of likely N-dealkylation sites (tertiary alicyclic amines) is 1. The van der Waals surface area contributed by atoms with E-state index in [1.807, 2.05) is 17.0 Å². The Kier molecular flexibility index (Phi) is 8.25. The number of fused-ring (bicyclic) bond motifs is 1. The first kappa shape index (κ1) is 28.3. The van der Waals surface area contributed by atoms with Gasteiger partial charge in [-0.25, -0.2) is 4.98 Å². The van der Waals surface area contributed by atoms with Crippen molar-refractivity contribution in [3.63, 3.8) is 0 Å². The summed E-state index contributed by atoms with van der Waals surface area (Å²) in [6, 6.07) is 8.67. The highest BCUT2D eigenvalue weighted by atomic mass is 35.5. The molecule has 2 aromatic rings. The molecule has 3 aliphatic heterocycles. The van der Waals surface area contributed by atoms with E-state index in [1.165, 1.54) is 6.08 Å². The molecule has 0 radical (unpaired) electrons. The van der Waals surface area contributed by atoms with Gasteiger partial charge in [-0.15, -0.1) is 0 Å². The molecule has 0 N–H and O–H groups in total. The van der Waals surface area contributed by atoms with Crippen LogP contribution in [0.2, 0.25) is 5.02 Å². The fourth-order valence-corrected chi connectivity index (χ4v) is 7.06. The van der Waals surface area contributed by atoms with E-state index in [9.17, 15) is 10.1 Å². The zero-order chi connectivity index (χ0) is 28.6. The summed E-state index contributed by atoms with van der Waals surface area (Å²) in [5.41, 5.74) is 5.55. The third-order valence-electron chi connectivity index (χ3n) is 8.66. The summed E-state index contributed by atoms with van der Waals surface area (Å²) < 4.78 is 6.37. The first-order chi connectivity index (χ1) is 19.2. The number of nitrogens with zero attached hydrogens (tertiary/aromatic N) is 6. The van der Waals surface area contributed by atoms with Crippen molar-refractivity contribution in [2.45, 2.75) is 64.7 Å². The molecule has 1 amide bonds. The number of para-hydroxylation sites is 1. The number of aromatic nitrogens is 1. The van der Waals surface area contributed by atoms with Crippen LogP contribution in [0.25, 0.3) is 0 Å². The van der Waals surface area contributed by atoms with Gasteiger partial charge < -0.3 is 24.3 Å². The smallest absolute Gasteiger partial charge is 0.246 e. The summed E-state index contributed by atoms with van der Waals surface area (Å²) in [6.07, 6.45) is 4.34. The van der Waals surface area contributed by atoms with Gasteiger partial charge in [0.25, 0.3) is 0 Å². The lowest BCUT2D eigenvalue weighted by Crippen LogP contribution is -2.58. The lowest BCUT2D eigenvalue weighted by atomic mass is 9.96. The summed E-state index contributed by atoms with van der Waals surface area (Å²) in [5.74, 6) is 0.339. The second-order valence-electron chi connectivity index (χ2n) is 11.4. The topological polar surface area (TPSA) is 75.9 Å². The van der Waals surface area contributed by atoms with Gasteiger partial charge in [0.1, 0.15) is 18.2 Å². The van der Waals surface area contributed by atoms with Crippen LogP contribution in [0.3, 0.4) is 0 Å². The molecule has 1 aromatic heterocycles. The van der Waals surface area contributed by atoms with E-state index in [0.29, 0.717) is 43.7 Å². The summed E-state index contributed by atoms with van der Waals surface area (Å²) in [7, 11) is 2.12. The maximum atomic E-state index is 12.6. The molecule has 5 rings (SSSR count). The minimum Gasteiger partial charge on any atom is -0.475 e. The van der Waals surface area contributed by atoms with E-state index in [0.717, 1.165) is 65.6 Å². The maximum Gasteiger partial charge on any atom is 0.246 e. The number of pyridine rings is 1. The van der Waals surface area contributed by atoms with Crippen molar-refractivity contribution in [2.75, 3.05) is 49.6 Å². The quantitative estimate of drug-likeness (QED) is 0.478. The van der Waals surface area contributed by atoms with Crippen LogP contribution >= 0.6 is 11.6 Å². The molecule has 9 heteroatoms. The van der Waals surface area contributed by atoms with Gasteiger partial charge in [-0.05, 0) is 71.3 Å². The van der Waals surface area contributed by atoms with Crippen molar-refractivity contribution in [2.24, 2.45) is 0 Å². The van der Waals surface area contributed by atoms with Crippen molar-refractivity contribution in [1.29, 1.82) is 5.26 Å². The van der Waals surface area contributed by atoms with Crippen LogP contribution in [0, 0.1) is 18.3 Å². The lowest BCUT2D eigenvalue weighted by molar-refractivity contribution is -0.130. The minimum atomic E-state index is -0.0626. The number of nitriles is 1. The van der Waals surface area contributed by atoms with Crippen molar-refractivity contribution in [3.8, 4) is 11.9 Å². The molecule has 1 aromatic carbocycles. The number of amides is 1. The molecule has 2 saturated heterocycles. The zero-order valence-corrected chi connectivity index (χ0v) is 24.7. The zero-order valence-electron chi connectivity index (χ0n) is 24.0. The Balaban J connectivity index is 1.55. The molecular formula is C31H39ClN6O2. The number of benzene rings is 1. The summed E-state index contributed by atoms with van der Waals surface area (Å²) >= 11 is 6.66. The van der Waals surface area contributed by atoms with Crippen LogP contribution < -0.4 is 14.5 Å². The molecule has 40 heavy (non-hydrogen) atoms. The fourth-order valence-electron chi connectivity index (χ4n) is 6.71. The van der Waals surface area contributed by atoms with Crippen LogP contribution in [-0.4, -0.2) is 78.7 Å². The maximum absolute atomic E-state index is 12.6. The molecule has 8 nitrogen and oxygen atoms in total. The Labute approximate surface area is 242 Å². The summed E-state index contributed by atoms with van der Waals surface area (Å²) in [6.45, 7) is 14.0. The van der Waals surface area contributed by atoms with Gasteiger partial charge in [-0.3, -0.25) is 4.79 Å². The molecule has 2 fully saturated rings. The number of hydrogen-bond donors (Lipinski definition) is 0. The Morgan fingerprint density at radius 1 is 1.23 bits per heavy atom. The predicted octanol–water partition coefficient (Wildman–Crippen LogP) is 4.56. The first-order valence-electron chi connectivity index (χ1n) is 14.2. The van der Waals surface area contributed by atoms with E-state index in [1.54, 1.807) is 0 Å². The molecule has 0 aliphatic carbocycles. The molecule has 3 atom stereocenters. The monoisotopic (exact) mass is 562 g/mol. The van der Waals surface area contributed by atoms with Gasteiger partial charge in [-0.2, -0.15) is 5.26 Å². The van der Waals surface area contributed by atoms with Gasteiger partial charge in [0.2, 0.25) is 11.8 Å². The van der Waals surface area contributed by atoms with Gasteiger partial charge in [-0.1, -0.05) is 30.3 Å². The van der Waals surface area contributed by atoms with Crippen LogP contribution in [-0.2, 0) is 17.8 Å². The van der Waals surface area contributed by atoms with Crippen molar-refractivity contribution >= 4 is 28.9 Å². The summed E-state index contributed by atoms with van der Waals surface area (Å²) in [5, 5.41) is 11.2. The van der Waals surface area contributed by atoms with Gasteiger partial charge in [0.15, 0.2) is 0 Å². The fraction of sp³-hybridized carbons (Fsp3) is 0.516. The number of anilines is 2. The highest BCUT2D eigenvalue weighted by Crippen LogP contribution is 2.40. The van der Waals surface area contributed by atoms with Gasteiger partial charge in [0, 0.05) is 43.3 Å². The SMILES string of the molecule is C=CC(=O)N1[C@H](C)CN(c2c(C#N)c(OC[C@@H]3CCCN3C)nc3c2CCN(c2c(C)cccc2Cl)C3)C[C@@H]1C. The number of likely N-dealkylation sites (N-methyl/N-ethyl adjacent to an activating group) is 1. The predicted molar refractivity (Wildman–Crippen MR) is 159 cm³/mol. The second-order valence-corrected chi connectivity index (χ2v) is 11.8. The van der Waals surface area contributed by atoms with Crippen molar-refractivity contribution in [1.82, 2.24) is 14.8 Å². The molecule has 3 aliphatic rings. The average molecular weight is 563 g/mol. The highest BCUT2D eigenvalue weighted by molar-refractivity contribution is 6.33.